The molecule has 0 atom stereocenters. The van der Waals surface area contributed by atoms with Crippen molar-refractivity contribution >= 4 is 17.5 Å². The number of nitrogens with one attached hydrogen (secondary N) is 1. The summed E-state index contributed by atoms with van der Waals surface area (Å²) in [7, 11) is 0. The summed E-state index contributed by atoms with van der Waals surface area (Å²) in [5.41, 5.74) is -0.815. The van der Waals surface area contributed by atoms with E-state index in [1.807, 2.05) is 44.2 Å². The van der Waals surface area contributed by atoms with Crippen LogP contribution in [0.2, 0.25) is 0 Å². The minimum absolute atomic E-state index is 0.117. The molecule has 3 rings (SSSR count). The molecule has 27 heavy (non-hydrogen) atoms. The van der Waals surface area contributed by atoms with Gasteiger partial charge in [0.05, 0.1) is 0 Å². The van der Waals surface area contributed by atoms with Crippen molar-refractivity contribution in [3.8, 4) is 0 Å². The summed E-state index contributed by atoms with van der Waals surface area (Å²) in [6.07, 6.45) is 0.734. The number of rotatable bonds is 6. The molecule has 142 valence electrons. The number of para-hydroxylation sites is 1. The topological polar surface area (TPSA) is 49.4 Å². The largest absolute Gasteiger partial charge is 0.335 e. The molecule has 0 aromatic heterocycles. The van der Waals surface area contributed by atoms with Crippen LogP contribution in [0.25, 0.3) is 0 Å². The number of hydrogen-bond donors (Lipinski definition) is 1. The van der Waals surface area contributed by atoms with Gasteiger partial charge in [0, 0.05) is 12.6 Å². The highest BCUT2D eigenvalue weighted by molar-refractivity contribution is 6.13. The average Bonchev–Trinajstić information content (AvgIpc) is 3.45. The Balaban J connectivity index is 1.80. The summed E-state index contributed by atoms with van der Waals surface area (Å²) in [4.78, 5) is 27.5. The van der Waals surface area contributed by atoms with Gasteiger partial charge in [-0.25, -0.2) is 8.78 Å². The summed E-state index contributed by atoms with van der Waals surface area (Å²) in [5, 5.41) is 2.28. The Morgan fingerprint density at radius 3 is 2.15 bits per heavy atom. The van der Waals surface area contributed by atoms with Crippen LogP contribution in [0, 0.1) is 17.0 Å². The Morgan fingerprint density at radius 1 is 1.04 bits per heavy atom. The molecule has 1 aliphatic carbocycles. The maximum Gasteiger partial charge on any atom is 0.240 e. The molecule has 0 saturated heterocycles. The van der Waals surface area contributed by atoms with Crippen molar-refractivity contribution in [3.05, 3.63) is 65.7 Å². The molecule has 1 fully saturated rings. The van der Waals surface area contributed by atoms with Gasteiger partial charge in [-0.3, -0.25) is 9.59 Å². The van der Waals surface area contributed by atoms with Gasteiger partial charge in [0.2, 0.25) is 11.8 Å². The van der Waals surface area contributed by atoms with Crippen molar-refractivity contribution in [2.45, 2.75) is 39.3 Å². The molecule has 1 aliphatic rings. The molecule has 0 radical (unpaired) electrons. The Hall–Kier alpha value is -2.76. The fraction of sp³-hybridized carbons (Fsp3) is 0.333. The van der Waals surface area contributed by atoms with Gasteiger partial charge in [0.25, 0.3) is 0 Å². The Bertz CT molecular complexity index is 828. The quantitative estimate of drug-likeness (QED) is 0.776. The first-order chi connectivity index (χ1) is 12.8. The number of amides is 2. The highest BCUT2D eigenvalue weighted by atomic mass is 19.1. The van der Waals surface area contributed by atoms with E-state index in [0.29, 0.717) is 19.4 Å². The van der Waals surface area contributed by atoms with Crippen LogP contribution < -0.4 is 5.32 Å². The molecule has 0 bridgehead atoms. The number of benzene rings is 2. The summed E-state index contributed by atoms with van der Waals surface area (Å²) >= 11 is 0. The van der Waals surface area contributed by atoms with Gasteiger partial charge in [-0.1, -0.05) is 36.4 Å². The lowest BCUT2D eigenvalue weighted by Gasteiger charge is -2.30. The van der Waals surface area contributed by atoms with Crippen LogP contribution in [0.1, 0.15) is 32.3 Å². The standard InChI is InChI=1S/C21H22F2N2O2/c1-14(2)25(13-15-7-4-3-5-8-15)20(27)21(11-12-21)19(26)24-18-16(22)9-6-10-17(18)23/h3-10,14H,11-13H2,1-2H3,(H,24,26). The molecule has 4 nitrogen and oxygen atoms in total. The third-order valence-corrected chi connectivity index (χ3v) is 4.88. The van der Waals surface area contributed by atoms with E-state index in [1.54, 1.807) is 4.90 Å². The maximum atomic E-state index is 13.8. The number of nitrogens with zero attached hydrogens (tertiary/aromatic N) is 1. The van der Waals surface area contributed by atoms with Crippen LogP contribution in [0.5, 0.6) is 0 Å². The fourth-order valence-electron chi connectivity index (χ4n) is 3.06. The summed E-state index contributed by atoms with van der Waals surface area (Å²) in [5.74, 6) is -2.70. The van der Waals surface area contributed by atoms with Gasteiger partial charge in [-0.05, 0) is 44.4 Å². The number of hydrogen-bond acceptors (Lipinski definition) is 2. The molecular weight excluding hydrogens is 350 g/mol. The monoisotopic (exact) mass is 372 g/mol. The molecular formula is C21H22F2N2O2. The van der Waals surface area contributed by atoms with Crippen LogP contribution in [0.15, 0.2) is 48.5 Å². The van der Waals surface area contributed by atoms with E-state index in [2.05, 4.69) is 5.32 Å². The van der Waals surface area contributed by atoms with Crippen molar-refractivity contribution in [2.75, 3.05) is 5.32 Å². The van der Waals surface area contributed by atoms with Gasteiger partial charge >= 0.3 is 0 Å². The zero-order valence-corrected chi connectivity index (χ0v) is 15.3. The highest BCUT2D eigenvalue weighted by Crippen LogP contribution is 2.49. The fourth-order valence-corrected chi connectivity index (χ4v) is 3.06. The van der Waals surface area contributed by atoms with E-state index >= 15 is 0 Å². The lowest BCUT2D eigenvalue weighted by atomic mass is 10.0. The lowest BCUT2D eigenvalue weighted by Crippen LogP contribution is -2.45. The van der Waals surface area contributed by atoms with Crippen molar-refractivity contribution in [1.82, 2.24) is 4.90 Å². The van der Waals surface area contributed by atoms with Crippen LogP contribution in [-0.4, -0.2) is 22.8 Å². The molecule has 2 aromatic rings. The van der Waals surface area contributed by atoms with Gasteiger partial charge in [-0.15, -0.1) is 0 Å². The Kier molecular flexibility index (Phi) is 5.26. The molecule has 1 N–H and O–H groups in total. The molecule has 6 heteroatoms. The van der Waals surface area contributed by atoms with Gasteiger partial charge in [0.1, 0.15) is 22.7 Å². The second-order valence-corrected chi connectivity index (χ2v) is 7.15. The van der Waals surface area contributed by atoms with Crippen LogP contribution in [0.4, 0.5) is 14.5 Å². The second-order valence-electron chi connectivity index (χ2n) is 7.15. The molecule has 2 amide bonds. The third kappa shape index (κ3) is 3.84. The van der Waals surface area contributed by atoms with Crippen molar-refractivity contribution < 1.29 is 18.4 Å². The maximum absolute atomic E-state index is 13.8. The van der Waals surface area contributed by atoms with E-state index in [1.165, 1.54) is 6.07 Å². The van der Waals surface area contributed by atoms with E-state index < -0.39 is 28.6 Å². The molecule has 0 heterocycles. The molecule has 1 saturated carbocycles. The predicted molar refractivity (Wildman–Crippen MR) is 98.8 cm³/mol. The van der Waals surface area contributed by atoms with E-state index in [0.717, 1.165) is 17.7 Å². The SMILES string of the molecule is CC(C)N(Cc1ccccc1)C(=O)C1(C(=O)Nc2c(F)cccc2F)CC1. The van der Waals surface area contributed by atoms with Crippen LogP contribution in [-0.2, 0) is 16.1 Å². The van der Waals surface area contributed by atoms with Crippen molar-refractivity contribution in [1.29, 1.82) is 0 Å². The third-order valence-electron chi connectivity index (χ3n) is 4.88. The Labute approximate surface area is 157 Å². The average molecular weight is 372 g/mol. The molecule has 0 unspecified atom stereocenters. The Morgan fingerprint density at radius 2 is 1.63 bits per heavy atom. The zero-order valence-electron chi connectivity index (χ0n) is 15.3. The van der Waals surface area contributed by atoms with Crippen LogP contribution in [0.3, 0.4) is 0 Å². The molecule has 0 spiro atoms. The minimum atomic E-state index is -1.26. The number of anilines is 1. The highest BCUT2D eigenvalue weighted by Gasteiger charge is 2.58. The van der Waals surface area contributed by atoms with Gasteiger partial charge in [-0.2, -0.15) is 0 Å². The van der Waals surface area contributed by atoms with Gasteiger partial charge in [0.15, 0.2) is 0 Å². The van der Waals surface area contributed by atoms with Crippen molar-refractivity contribution in [2.24, 2.45) is 5.41 Å². The number of carbonyl (C=O) groups is 2. The van der Waals surface area contributed by atoms with E-state index in [-0.39, 0.29) is 11.9 Å². The lowest BCUT2D eigenvalue weighted by molar-refractivity contribution is -0.144. The van der Waals surface area contributed by atoms with Gasteiger partial charge < -0.3 is 10.2 Å². The first-order valence-corrected chi connectivity index (χ1v) is 8.95. The molecule has 2 aromatic carbocycles. The zero-order chi connectivity index (χ0) is 19.6. The van der Waals surface area contributed by atoms with E-state index in [9.17, 15) is 18.4 Å². The first-order valence-electron chi connectivity index (χ1n) is 8.95. The number of halogens is 2. The first kappa shape index (κ1) is 19.0. The number of carbonyl (C=O) groups excluding carboxylic acids is 2. The van der Waals surface area contributed by atoms with E-state index in [4.69, 9.17) is 0 Å². The van der Waals surface area contributed by atoms with Crippen LogP contribution >= 0.6 is 0 Å². The smallest absolute Gasteiger partial charge is 0.240 e. The second kappa shape index (κ2) is 7.47. The normalized spacial score (nSPS) is 14.7. The predicted octanol–water partition coefficient (Wildman–Crippen LogP) is 4.12. The summed E-state index contributed by atoms with van der Waals surface area (Å²) in [6, 6.07) is 12.7. The molecule has 0 aliphatic heterocycles. The van der Waals surface area contributed by atoms with Crippen molar-refractivity contribution in [3.63, 3.8) is 0 Å². The summed E-state index contributed by atoms with van der Waals surface area (Å²) in [6.45, 7) is 4.14. The summed E-state index contributed by atoms with van der Waals surface area (Å²) < 4.78 is 27.7. The minimum Gasteiger partial charge on any atom is -0.335 e.